The van der Waals surface area contributed by atoms with Crippen LogP contribution in [-0.4, -0.2) is 33.0 Å². The molecule has 0 heterocycles. The molecule has 0 aliphatic carbocycles. The third-order valence-electron chi connectivity index (χ3n) is 2.34. The predicted molar refractivity (Wildman–Crippen MR) is 59.6 cm³/mol. The van der Waals surface area contributed by atoms with Crippen molar-refractivity contribution in [3.8, 4) is 0 Å². The number of hydrogen-bond donors (Lipinski definition) is 0. The first kappa shape index (κ1) is 14.4. The zero-order valence-electron chi connectivity index (χ0n) is 9.54. The van der Waals surface area contributed by atoms with Crippen LogP contribution >= 0.6 is 0 Å². The van der Waals surface area contributed by atoms with Crippen molar-refractivity contribution in [2.45, 2.75) is 13.3 Å². The molecule has 0 bridgehead atoms. The fourth-order valence-corrected chi connectivity index (χ4v) is 1.15. The Balaban J connectivity index is 4.03. The number of rotatable bonds is 10. The molecule has 3 heteroatoms. The molecule has 0 aromatic heterocycles. The molecule has 0 N–H and O–H groups in total. The molecule has 0 fully saturated rings. The fraction of sp³-hybridized carbons (Fsp3) is 0.667. The monoisotopic (exact) mass is 213 g/mol. The summed E-state index contributed by atoms with van der Waals surface area (Å²) in [7, 11) is 0. The van der Waals surface area contributed by atoms with Gasteiger partial charge in [0, 0.05) is 5.41 Å². The third kappa shape index (κ3) is 5.72. The molecular weight excluding hydrogens is 192 g/mol. The first-order valence-corrected chi connectivity index (χ1v) is 5.20. The molecule has 88 valence electrons. The van der Waals surface area contributed by atoms with Crippen LogP contribution in [0.1, 0.15) is 13.3 Å². The summed E-state index contributed by atoms with van der Waals surface area (Å²) >= 11 is 0. The van der Waals surface area contributed by atoms with Crippen LogP contribution in [0.2, 0.25) is 0 Å². The molecule has 0 unspecified atom stereocenters. The summed E-state index contributed by atoms with van der Waals surface area (Å²) in [6.07, 6.45) is 4.11. The second-order valence-electron chi connectivity index (χ2n) is 3.61. The van der Waals surface area contributed by atoms with E-state index >= 15 is 0 Å². The zero-order valence-corrected chi connectivity index (χ0v) is 9.54. The van der Waals surface area contributed by atoms with Gasteiger partial charge in [-0.1, -0.05) is 19.1 Å². The lowest BCUT2D eigenvalue weighted by molar-refractivity contribution is -0.398. The molecular formula is C12H21O3-. The second-order valence-corrected chi connectivity index (χ2v) is 3.61. The Morgan fingerprint density at radius 2 is 1.60 bits per heavy atom. The predicted octanol–water partition coefficient (Wildman–Crippen LogP) is 1.15. The first-order valence-electron chi connectivity index (χ1n) is 5.20. The molecule has 0 aliphatic rings. The average molecular weight is 213 g/mol. The Morgan fingerprint density at radius 1 is 1.13 bits per heavy atom. The van der Waals surface area contributed by atoms with Crippen LogP contribution in [0.25, 0.3) is 0 Å². The largest absolute Gasteiger partial charge is 0.854 e. The van der Waals surface area contributed by atoms with Crippen LogP contribution in [0, 0.1) is 5.41 Å². The van der Waals surface area contributed by atoms with E-state index in [0.717, 1.165) is 6.42 Å². The maximum absolute atomic E-state index is 11.2. The standard InChI is InChI=1S/C12H21O3/c1-4-7-14-10-12(6-3,9-13)11-15-8-5-2/h4-5H,1-2,6-11H2,3H3/q-1. The number of ether oxygens (including phenoxy) is 2. The molecule has 3 nitrogen and oxygen atoms in total. The van der Waals surface area contributed by atoms with Gasteiger partial charge in [0.2, 0.25) is 0 Å². The van der Waals surface area contributed by atoms with Gasteiger partial charge in [-0.25, -0.2) is 0 Å². The molecule has 0 rings (SSSR count). The van der Waals surface area contributed by atoms with Gasteiger partial charge < -0.3 is 14.6 Å². The fourth-order valence-electron chi connectivity index (χ4n) is 1.15. The topological polar surface area (TPSA) is 41.5 Å². The van der Waals surface area contributed by atoms with Gasteiger partial charge in [-0.2, -0.15) is 0 Å². The van der Waals surface area contributed by atoms with Crippen molar-refractivity contribution >= 4 is 0 Å². The van der Waals surface area contributed by atoms with Crippen molar-refractivity contribution < 1.29 is 14.6 Å². The molecule has 0 amide bonds. The highest BCUT2D eigenvalue weighted by atomic mass is 16.5. The van der Waals surface area contributed by atoms with Crippen molar-refractivity contribution in [3.63, 3.8) is 0 Å². The van der Waals surface area contributed by atoms with Crippen LogP contribution in [0.5, 0.6) is 0 Å². The second kappa shape index (κ2) is 8.65. The van der Waals surface area contributed by atoms with Crippen molar-refractivity contribution in [1.82, 2.24) is 0 Å². The van der Waals surface area contributed by atoms with Gasteiger partial charge in [-0.15, -0.1) is 19.8 Å². The van der Waals surface area contributed by atoms with Crippen molar-refractivity contribution in [2.75, 3.05) is 33.0 Å². The van der Waals surface area contributed by atoms with Gasteiger partial charge in [-0.05, 0) is 6.42 Å². The highest BCUT2D eigenvalue weighted by Crippen LogP contribution is 2.21. The van der Waals surface area contributed by atoms with Crippen LogP contribution < -0.4 is 5.11 Å². The lowest BCUT2D eigenvalue weighted by Gasteiger charge is -2.35. The van der Waals surface area contributed by atoms with Crippen molar-refractivity contribution in [1.29, 1.82) is 0 Å². The Bertz CT molecular complexity index is 158. The van der Waals surface area contributed by atoms with E-state index < -0.39 is 5.41 Å². The molecule has 0 aromatic carbocycles. The third-order valence-corrected chi connectivity index (χ3v) is 2.34. The summed E-state index contributed by atoms with van der Waals surface area (Å²) in [5, 5.41) is 11.2. The normalized spacial score (nSPS) is 11.3. The Morgan fingerprint density at radius 3 is 1.87 bits per heavy atom. The maximum atomic E-state index is 11.2. The lowest BCUT2D eigenvalue weighted by atomic mass is 9.88. The van der Waals surface area contributed by atoms with Crippen LogP contribution in [0.3, 0.4) is 0 Å². The molecule has 0 aliphatic heterocycles. The molecule has 0 aromatic rings. The van der Waals surface area contributed by atoms with E-state index in [1.165, 1.54) is 0 Å². The maximum Gasteiger partial charge on any atom is 0.0645 e. The summed E-state index contributed by atoms with van der Waals surface area (Å²) in [6.45, 7) is 10.7. The van der Waals surface area contributed by atoms with Crippen molar-refractivity contribution in [3.05, 3.63) is 25.3 Å². The van der Waals surface area contributed by atoms with Crippen molar-refractivity contribution in [2.24, 2.45) is 5.41 Å². The first-order chi connectivity index (χ1) is 7.24. The van der Waals surface area contributed by atoms with E-state index in [2.05, 4.69) is 13.2 Å². The molecule has 0 spiro atoms. The Hall–Kier alpha value is -0.640. The number of hydrogen-bond acceptors (Lipinski definition) is 3. The SMILES string of the molecule is C=CCOCC(CC)(C[O-])COCC=C. The summed E-state index contributed by atoms with van der Waals surface area (Å²) in [5.41, 5.74) is -0.411. The van der Waals surface area contributed by atoms with Gasteiger partial charge in [0.1, 0.15) is 0 Å². The highest BCUT2D eigenvalue weighted by molar-refractivity contribution is 4.78. The van der Waals surface area contributed by atoms with Crippen LogP contribution in [0.4, 0.5) is 0 Å². The van der Waals surface area contributed by atoms with Gasteiger partial charge in [0.15, 0.2) is 0 Å². The van der Waals surface area contributed by atoms with Gasteiger partial charge >= 0.3 is 0 Å². The Kier molecular flexibility index (Phi) is 8.28. The zero-order chi connectivity index (χ0) is 11.6. The van der Waals surface area contributed by atoms with E-state index in [4.69, 9.17) is 9.47 Å². The average Bonchev–Trinajstić information content (AvgIpc) is 2.28. The van der Waals surface area contributed by atoms with Crippen LogP contribution in [-0.2, 0) is 9.47 Å². The molecule has 15 heavy (non-hydrogen) atoms. The summed E-state index contributed by atoms with van der Waals surface area (Å²) < 4.78 is 10.7. The van der Waals surface area contributed by atoms with E-state index in [-0.39, 0.29) is 6.61 Å². The highest BCUT2D eigenvalue weighted by Gasteiger charge is 2.23. The van der Waals surface area contributed by atoms with E-state index in [1.807, 2.05) is 6.92 Å². The van der Waals surface area contributed by atoms with E-state index in [9.17, 15) is 5.11 Å². The van der Waals surface area contributed by atoms with Gasteiger partial charge in [0.25, 0.3) is 0 Å². The summed E-state index contributed by atoms with van der Waals surface area (Å²) in [6, 6.07) is 0. The minimum Gasteiger partial charge on any atom is -0.854 e. The van der Waals surface area contributed by atoms with Gasteiger partial charge in [-0.3, -0.25) is 0 Å². The molecule has 0 saturated heterocycles. The summed E-state index contributed by atoms with van der Waals surface area (Å²) in [5.74, 6) is 0. The van der Waals surface area contributed by atoms with Gasteiger partial charge in [0.05, 0.1) is 26.4 Å². The summed E-state index contributed by atoms with van der Waals surface area (Å²) in [4.78, 5) is 0. The minimum absolute atomic E-state index is 0.183. The molecule has 0 atom stereocenters. The lowest BCUT2D eigenvalue weighted by Crippen LogP contribution is -2.41. The Labute approximate surface area is 92.4 Å². The van der Waals surface area contributed by atoms with E-state index in [1.54, 1.807) is 12.2 Å². The smallest absolute Gasteiger partial charge is 0.0645 e. The minimum atomic E-state index is -0.411. The quantitative estimate of drug-likeness (QED) is 0.404. The van der Waals surface area contributed by atoms with Crippen LogP contribution in [0.15, 0.2) is 25.3 Å². The van der Waals surface area contributed by atoms with E-state index in [0.29, 0.717) is 26.4 Å². The molecule has 0 radical (unpaired) electrons. The molecule has 0 saturated carbocycles.